The van der Waals surface area contributed by atoms with Crippen molar-refractivity contribution in [1.29, 1.82) is 0 Å². The van der Waals surface area contributed by atoms with Crippen molar-refractivity contribution in [3.8, 4) is 0 Å². The molecule has 0 saturated heterocycles. The number of rotatable bonds is 3. The van der Waals surface area contributed by atoms with Crippen LogP contribution in [0.1, 0.15) is 44.6 Å². The van der Waals surface area contributed by atoms with E-state index in [0.29, 0.717) is 6.04 Å². The number of aryl methyl sites for hydroxylation is 3. The monoisotopic (exact) mass is 277 g/mol. The molecule has 0 aromatic carbocycles. The van der Waals surface area contributed by atoms with Crippen molar-refractivity contribution >= 4 is 22.7 Å². The van der Waals surface area contributed by atoms with Crippen molar-refractivity contribution in [2.75, 3.05) is 7.05 Å². The smallest absolute Gasteiger partial charge is 0.0677 e. The molecule has 0 aliphatic heterocycles. The van der Waals surface area contributed by atoms with Crippen LogP contribution in [-0.4, -0.2) is 7.05 Å². The topological polar surface area (TPSA) is 12.0 Å². The normalized spacial score (nSPS) is 16.6. The lowest BCUT2D eigenvalue weighted by Crippen LogP contribution is -2.15. The largest absolute Gasteiger partial charge is 0.309 e. The van der Waals surface area contributed by atoms with Gasteiger partial charge in [0.1, 0.15) is 0 Å². The molecule has 0 radical (unpaired) electrons. The molecule has 1 N–H and O–H groups in total. The van der Waals surface area contributed by atoms with Gasteiger partial charge in [-0.15, -0.1) is 22.7 Å². The van der Waals surface area contributed by atoms with Gasteiger partial charge in [0.05, 0.1) is 6.04 Å². The molecule has 0 fully saturated rings. The Labute approximate surface area is 117 Å². The van der Waals surface area contributed by atoms with Crippen LogP contribution in [0.3, 0.4) is 0 Å². The Bertz CT molecular complexity index is 515. The summed E-state index contributed by atoms with van der Waals surface area (Å²) in [6.45, 7) is 2.18. The van der Waals surface area contributed by atoms with Gasteiger partial charge in [-0.25, -0.2) is 0 Å². The second-order valence-electron chi connectivity index (χ2n) is 5.02. The van der Waals surface area contributed by atoms with Crippen molar-refractivity contribution in [2.45, 2.75) is 38.6 Å². The van der Waals surface area contributed by atoms with Crippen molar-refractivity contribution in [3.05, 3.63) is 43.3 Å². The highest BCUT2D eigenvalue weighted by Gasteiger charge is 2.20. The Hall–Kier alpha value is -0.640. The summed E-state index contributed by atoms with van der Waals surface area (Å²) in [6.07, 6.45) is 5.31. The molecular weight excluding hydrogens is 258 g/mol. The first-order valence-electron chi connectivity index (χ1n) is 6.61. The number of thiophene rings is 2. The predicted octanol–water partition coefficient (Wildman–Crippen LogP) is 4.31. The van der Waals surface area contributed by atoms with E-state index in [1.54, 1.807) is 10.4 Å². The fourth-order valence-electron chi connectivity index (χ4n) is 2.74. The van der Waals surface area contributed by atoms with Crippen molar-refractivity contribution < 1.29 is 0 Å². The molecule has 2 aromatic heterocycles. The van der Waals surface area contributed by atoms with E-state index in [-0.39, 0.29) is 0 Å². The summed E-state index contributed by atoms with van der Waals surface area (Å²) < 4.78 is 0. The average molecular weight is 277 g/mol. The summed E-state index contributed by atoms with van der Waals surface area (Å²) in [5.41, 5.74) is 3.02. The maximum Gasteiger partial charge on any atom is 0.0677 e. The Morgan fingerprint density at radius 2 is 2.06 bits per heavy atom. The first-order valence-corrected chi connectivity index (χ1v) is 8.31. The van der Waals surface area contributed by atoms with E-state index in [1.165, 1.54) is 41.0 Å². The minimum atomic E-state index is 0.380. The fourth-order valence-corrected chi connectivity index (χ4v) is 4.87. The average Bonchev–Trinajstić information content (AvgIpc) is 2.96. The van der Waals surface area contributed by atoms with Gasteiger partial charge >= 0.3 is 0 Å². The van der Waals surface area contributed by atoms with E-state index in [4.69, 9.17) is 0 Å². The first-order chi connectivity index (χ1) is 8.78. The van der Waals surface area contributed by atoms with Crippen LogP contribution < -0.4 is 5.32 Å². The third kappa shape index (κ3) is 2.27. The summed E-state index contributed by atoms with van der Waals surface area (Å²) in [5, 5.41) is 5.76. The van der Waals surface area contributed by atoms with E-state index in [2.05, 4.69) is 36.8 Å². The van der Waals surface area contributed by atoms with E-state index < -0.39 is 0 Å². The molecule has 0 amide bonds. The minimum absolute atomic E-state index is 0.380. The molecule has 0 spiro atoms. The molecule has 0 bridgehead atoms. The van der Waals surface area contributed by atoms with Crippen LogP contribution >= 0.6 is 22.7 Å². The number of hydrogen-bond donors (Lipinski definition) is 1. The summed E-state index contributed by atoms with van der Waals surface area (Å²) in [6, 6.07) is 5.13. The van der Waals surface area contributed by atoms with Crippen molar-refractivity contribution in [1.82, 2.24) is 5.32 Å². The Morgan fingerprint density at radius 1 is 1.22 bits per heavy atom. The van der Waals surface area contributed by atoms with Gasteiger partial charge in [0.2, 0.25) is 0 Å². The van der Waals surface area contributed by atoms with E-state index in [1.807, 2.05) is 22.7 Å². The van der Waals surface area contributed by atoms with Gasteiger partial charge in [0.15, 0.2) is 0 Å². The molecule has 96 valence electrons. The van der Waals surface area contributed by atoms with Crippen LogP contribution in [0.25, 0.3) is 0 Å². The van der Waals surface area contributed by atoms with Gasteiger partial charge in [0, 0.05) is 14.6 Å². The van der Waals surface area contributed by atoms with Crippen molar-refractivity contribution in [3.63, 3.8) is 0 Å². The van der Waals surface area contributed by atoms with Crippen LogP contribution in [0.15, 0.2) is 17.5 Å². The first kappa shape index (κ1) is 12.4. The zero-order valence-corrected chi connectivity index (χ0v) is 12.6. The van der Waals surface area contributed by atoms with Gasteiger partial charge in [-0.2, -0.15) is 0 Å². The fraction of sp³-hybridized carbons (Fsp3) is 0.467. The molecule has 1 aliphatic rings. The Morgan fingerprint density at radius 3 is 2.72 bits per heavy atom. The summed E-state index contributed by atoms with van der Waals surface area (Å²) in [7, 11) is 2.07. The quantitative estimate of drug-likeness (QED) is 0.881. The van der Waals surface area contributed by atoms with Crippen LogP contribution in [-0.2, 0) is 12.8 Å². The third-order valence-corrected chi connectivity index (χ3v) is 5.85. The zero-order chi connectivity index (χ0) is 12.5. The third-order valence-electron chi connectivity index (χ3n) is 3.67. The summed E-state index contributed by atoms with van der Waals surface area (Å²) >= 11 is 3.86. The van der Waals surface area contributed by atoms with Crippen LogP contribution in [0, 0.1) is 6.92 Å². The molecule has 1 unspecified atom stereocenters. The lowest BCUT2D eigenvalue weighted by Gasteiger charge is -2.12. The molecule has 1 aliphatic carbocycles. The number of hydrogen-bond acceptors (Lipinski definition) is 3. The minimum Gasteiger partial charge on any atom is -0.309 e. The van der Waals surface area contributed by atoms with E-state index >= 15 is 0 Å². The maximum atomic E-state index is 3.47. The summed E-state index contributed by atoms with van der Waals surface area (Å²) in [5.74, 6) is 0. The molecule has 18 heavy (non-hydrogen) atoms. The van der Waals surface area contributed by atoms with Crippen LogP contribution in [0.5, 0.6) is 0 Å². The second-order valence-corrected chi connectivity index (χ2v) is 7.30. The molecule has 2 heterocycles. The van der Waals surface area contributed by atoms with Gasteiger partial charge in [-0.3, -0.25) is 0 Å². The van der Waals surface area contributed by atoms with Gasteiger partial charge < -0.3 is 5.32 Å². The molecule has 0 saturated carbocycles. The standard InChI is InChI=1S/C15H19NS2/c1-10-7-12(9-17-10)15(16-2)14-8-11-5-3-4-6-13(11)18-14/h7-9,15-16H,3-6H2,1-2H3. The van der Waals surface area contributed by atoms with Gasteiger partial charge in [-0.05, 0) is 68.3 Å². The highest BCUT2D eigenvalue weighted by molar-refractivity contribution is 7.12. The highest BCUT2D eigenvalue weighted by Crippen LogP contribution is 2.36. The SMILES string of the molecule is CNC(c1csc(C)c1)c1cc2c(s1)CCCC2. The molecule has 3 heteroatoms. The van der Waals surface area contributed by atoms with E-state index in [9.17, 15) is 0 Å². The maximum absolute atomic E-state index is 3.47. The lowest BCUT2D eigenvalue weighted by atomic mass is 9.98. The Balaban J connectivity index is 1.94. The molecule has 1 nitrogen and oxygen atoms in total. The number of nitrogens with one attached hydrogen (secondary N) is 1. The molecule has 1 atom stereocenters. The van der Waals surface area contributed by atoms with E-state index in [0.717, 1.165) is 0 Å². The summed E-state index contributed by atoms with van der Waals surface area (Å²) in [4.78, 5) is 4.51. The molecular formula is C15H19NS2. The lowest BCUT2D eigenvalue weighted by molar-refractivity contribution is 0.692. The zero-order valence-electron chi connectivity index (χ0n) is 11.0. The molecule has 3 rings (SSSR count). The van der Waals surface area contributed by atoms with Gasteiger partial charge in [0.25, 0.3) is 0 Å². The number of fused-ring (bicyclic) bond motifs is 1. The Kier molecular flexibility index (Phi) is 3.55. The van der Waals surface area contributed by atoms with Crippen molar-refractivity contribution in [2.24, 2.45) is 0 Å². The van der Waals surface area contributed by atoms with Crippen LogP contribution in [0.4, 0.5) is 0 Å². The predicted molar refractivity (Wildman–Crippen MR) is 80.9 cm³/mol. The van der Waals surface area contributed by atoms with Gasteiger partial charge in [-0.1, -0.05) is 0 Å². The van der Waals surface area contributed by atoms with Crippen LogP contribution in [0.2, 0.25) is 0 Å². The second kappa shape index (κ2) is 5.16. The molecule has 2 aromatic rings. The highest BCUT2D eigenvalue weighted by atomic mass is 32.1.